The van der Waals surface area contributed by atoms with Gasteiger partial charge in [-0.05, 0) is 37.3 Å². The van der Waals surface area contributed by atoms with E-state index in [4.69, 9.17) is 11.6 Å². The highest BCUT2D eigenvalue weighted by molar-refractivity contribution is 6.30. The highest BCUT2D eigenvalue weighted by atomic mass is 35.5. The molecule has 2 rings (SSSR count). The van der Waals surface area contributed by atoms with Gasteiger partial charge in [-0.15, -0.1) is 0 Å². The predicted molar refractivity (Wildman–Crippen MR) is 72.6 cm³/mol. The number of aliphatic hydroxyl groups is 1. The van der Waals surface area contributed by atoms with Gasteiger partial charge < -0.3 is 10.0 Å². The van der Waals surface area contributed by atoms with Crippen LogP contribution >= 0.6 is 11.6 Å². The number of anilines is 1. The average molecular weight is 254 g/mol. The van der Waals surface area contributed by atoms with E-state index in [1.165, 1.54) is 19.3 Å². The van der Waals surface area contributed by atoms with Crippen LogP contribution < -0.4 is 4.90 Å². The maximum atomic E-state index is 9.39. The van der Waals surface area contributed by atoms with Crippen molar-refractivity contribution in [3.8, 4) is 0 Å². The van der Waals surface area contributed by atoms with E-state index < -0.39 is 0 Å². The largest absolute Gasteiger partial charge is 0.392 e. The first-order chi connectivity index (χ1) is 8.20. The fourth-order valence-corrected chi connectivity index (χ4v) is 2.64. The van der Waals surface area contributed by atoms with Crippen molar-refractivity contribution in [3.05, 3.63) is 28.8 Å². The van der Waals surface area contributed by atoms with Gasteiger partial charge in [-0.2, -0.15) is 0 Å². The van der Waals surface area contributed by atoms with Crippen molar-refractivity contribution in [1.82, 2.24) is 0 Å². The van der Waals surface area contributed by atoms with Crippen LogP contribution in [0.2, 0.25) is 5.02 Å². The molecule has 1 aliphatic heterocycles. The first-order valence-electron chi connectivity index (χ1n) is 6.35. The molecule has 0 spiro atoms. The summed E-state index contributed by atoms with van der Waals surface area (Å²) in [6, 6.07) is 5.74. The van der Waals surface area contributed by atoms with Gasteiger partial charge in [0, 0.05) is 29.4 Å². The van der Waals surface area contributed by atoms with Crippen molar-refractivity contribution in [1.29, 1.82) is 0 Å². The molecule has 3 heteroatoms. The van der Waals surface area contributed by atoms with Crippen LogP contribution in [0.1, 0.15) is 31.7 Å². The van der Waals surface area contributed by atoms with Gasteiger partial charge >= 0.3 is 0 Å². The van der Waals surface area contributed by atoms with E-state index >= 15 is 0 Å². The number of nitrogens with zero attached hydrogens (tertiary/aromatic N) is 1. The van der Waals surface area contributed by atoms with Gasteiger partial charge in [0.25, 0.3) is 0 Å². The lowest BCUT2D eigenvalue weighted by Crippen LogP contribution is -2.25. The van der Waals surface area contributed by atoms with Crippen LogP contribution in [-0.2, 0) is 6.61 Å². The van der Waals surface area contributed by atoms with Crippen LogP contribution in [0.5, 0.6) is 0 Å². The second-order valence-electron chi connectivity index (χ2n) is 4.95. The van der Waals surface area contributed by atoms with E-state index in [9.17, 15) is 5.11 Å². The molecule has 1 aliphatic rings. The highest BCUT2D eigenvalue weighted by Crippen LogP contribution is 2.28. The summed E-state index contributed by atoms with van der Waals surface area (Å²) in [5.74, 6) is 0.803. The molecule has 1 N–H and O–H groups in total. The standard InChI is InChI=1S/C14H20ClNO/c1-11-3-2-7-16(8-6-11)14-9-13(15)5-4-12(14)10-17/h4-5,9,11,17H,2-3,6-8,10H2,1H3. The molecule has 0 aromatic heterocycles. The van der Waals surface area contributed by atoms with Gasteiger partial charge in [0.2, 0.25) is 0 Å². The molecular weight excluding hydrogens is 234 g/mol. The molecule has 0 radical (unpaired) electrons. The van der Waals surface area contributed by atoms with Gasteiger partial charge in [0.05, 0.1) is 6.61 Å². The second-order valence-corrected chi connectivity index (χ2v) is 5.39. The number of rotatable bonds is 2. The Bertz CT molecular complexity index is 380. The Hall–Kier alpha value is -0.730. The predicted octanol–water partition coefficient (Wildman–Crippen LogP) is 3.46. The third-order valence-corrected chi connectivity index (χ3v) is 3.81. The number of aliphatic hydroxyl groups excluding tert-OH is 1. The fourth-order valence-electron chi connectivity index (χ4n) is 2.47. The number of benzene rings is 1. The Kier molecular flexibility index (Phi) is 4.30. The first-order valence-corrected chi connectivity index (χ1v) is 6.72. The lowest BCUT2D eigenvalue weighted by Gasteiger charge is -2.25. The SMILES string of the molecule is CC1CCCN(c2cc(Cl)ccc2CO)CC1. The van der Waals surface area contributed by atoms with E-state index in [1.807, 2.05) is 18.2 Å². The zero-order valence-electron chi connectivity index (χ0n) is 10.3. The summed E-state index contributed by atoms with van der Waals surface area (Å²) in [5.41, 5.74) is 2.08. The Morgan fingerprint density at radius 3 is 2.94 bits per heavy atom. The van der Waals surface area contributed by atoms with Crippen LogP contribution in [0, 0.1) is 5.92 Å². The molecule has 1 aromatic carbocycles. The van der Waals surface area contributed by atoms with Crippen molar-refractivity contribution in [2.45, 2.75) is 32.8 Å². The molecule has 0 aliphatic carbocycles. The maximum absolute atomic E-state index is 9.39. The monoisotopic (exact) mass is 253 g/mol. The molecule has 1 aromatic rings. The van der Waals surface area contributed by atoms with Crippen molar-refractivity contribution < 1.29 is 5.11 Å². The van der Waals surface area contributed by atoms with Crippen LogP contribution in [0.4, 0.5) is 5.69 Å². The summed E-state index contributed by atoms with van der Waals surface area (Å²) >= 11 is 6.05. The summed E-state index contributed by atoms with van der Waals surface area (Å²) < 4.78 is 0. The third kappa shape index (κ3) is 3.14. The summed E-state index contributed by atoms with van der Waals surface area (Å²) in [6.07, 6.45) is 3.74. The molecule has 2 nitrogen and oxygen atoms in total. The smallest absolute Gasteiger partial charge is 0.0702 e. The Labute approximate surface area is 108 Å². The minimum Gasteiger partial charge on any atom is -0.392 e. The van der Waals surface area contributed by atoms with Crippen LogP contribution in [0.15, 0.2) is 18.2 Å². The Balaban J connectivity index is 2.22. The van der Waals surface area contributed by atoms with E-state index in [-0.39, 0.29) is 6.61 Å². The zero-order valence-corrected chi connectivity index (χ0v) is 11.1. The molecule has 17 heavy (non-hydrogen) atoms. The highest BCUT2D eigenvalue weighted by Gasteiger charge is 2.16. The van der Waals surface area contributed by atoms with Gasteiger partial charge in [-0.3, -0.25) is 0 Å². The number of hydrogen-bond donors (Lipinski definition) is 1. The number of hydrogen-bond acceptors (Lipinski definition) is 2. The molecule has 1 heterocycles. The molecule has 0 amide bonds. The minimum atomic E-state index is 0.0819. The van der Waals surface area contributed by atoms with Crippen molar-refractivity contribution in [3.63, 3.8) is 0 Å². The van der Waals surface area contributed by atoms with E-state index in [1.54, 1.807) is 0 Å². The quantitative estimate of drug-likeness (QED) is 0.873. The summed E-state index contributed by atoms with van der Waals surface area (Å²) in [4.78, 5) is 2.36. The lowest BCUT2D eigenvalue weighted by atomic mass is 10.0. The molecule has 1 unspecified atom stereocenters. The third-order valence-electron chi connectivity index (χ3n) is 3.58. The average Bonchev–Trinajstić information content (AvgIpc) is 2.54. The topological polar surface area (TPSA) is 23.5 Å². The molecule has 94 valence electrons. The molecule has 0 bridgehead atoms. The van der Waals surface area contributed by atoms with Crippen molar-refractivity contribution >= 4 is 17.3 Å². The minimum absolute atomic E-state index is 0.0819. The Morgan fingerprint density at radius 1 is 1.35 bits per heavy atom. The summed E-state index contributed by atoms with van der Waals surface area (Å²) in [6.45, 7) is 4.53. The van der Waals surface area contributed by atoms with Crippen LogP contribution in [0.25, 0.3) is 0 Å². The normalized spacial score (nSPS) is 21.4. The Morgan fingerprint density at radius 2 is 2.18 bits per heavy atom. The van der Waals surface area contributed by atoms with Crippen LogP contribution in [-0.4, -0.2) is 18.2 Å². The van der Waals surface area contributed by atoms with Gasteiger partial charge in [-0.1, -0.05) is 24.6 Å². The van der Waals surface area contributed by atoms with Gasteiger partial charge in [-0.25, -0.2) is 0 Å². The van der Waals surface area contributed by atoms with E-state index in [0.717, 1.165) is 35.3 Å². The maximum Gasteiger partial charge on any atom is 0.0702 e. The summed E-state index contributed by atoms with van der Waals surface area (Å²) in [7, 11) is 0. The molecule has 1 atom stereocenters. The van der Waals surface area contributed by atoms with E-state index in [0.29, 0.717) is 0 Å². The molecule has 1 fully saturated rings. The lowest BCUT2D eigenvalue weighted by molar-refractivity contribution is 0.282. The zero-order chi connectivity index (χ0) is 12.3. The van der Waals surface area contributed by atoms with Crippen LogP contribution in [0.3, 0.4) is 0 Å². The van der Waals surface area contributed by atoms with Crippen molar-refractivity contribution in [2.75, 3.05) is 18.0 Å². The molecule has 1 saturated heterocycles. The van der Waals surface area contributed by atoms with E-state index in [2.05, 4.69) is 11.8 Å². The molecule has 0 saturated carbocycles. The van der Waals surface area contributed by atoms with Gasteiger partial charge in [0.15, 0.2) is 0 Å². The second kappa shape index (κ2) is 5.74. The molecular formula is C14H20ClNO. The number of halogens is 1. The summed E-state index contributed by atoms with van der Waals surface area (Å²) in [5, 5.41) is 10.1. The first kappa shape index (κ1) is 12.7. The fraction of sp³-hybridized carbons (Fsp3) is 0.571. The van der Waals surface area contributed by atoms with Crippen molar-refractivity contribution in [2.24, 2.45) is 5.92 Å². The van der Waals surface area contributed by atoms with Gasteiger partial charge in [0.1, 0.15) is 0 Å².